The number of aliphatic hydroxyl groups excluding tert-OH is 1. The first-order valence-corrected chi connectivity index (χ1v) is 7.69. The van der Waals surface area contributed by atoms with Crippen molar-refractivity contribution in [3.8, 4) is 5.88 Å². The van der Waals surface area contributed by atoms with Crippen LogP contribution in [0.15, 0.2) is 6.33 Å². The van der Waals surface area contributed by atoms with Gasteiger partial charge >= 0.3 is 0 Å². The number of rotatable bonds is 7. The smallest absolute Gasteiger partial charge is 0.270 e. The van der Waals surface area contributed by atoms with Gasteiger partial charge in [0.25, 0.3) is 5.91 Å². The highest BCUT2D eigenvalue weighted by Crippen LogP contribution is 2.44. The molecule has 1 unspecified atom stereocenters. The highest BCUT2D eigenvalue weighted by Gasteiger charge is 2.74. The number of nitrogens with zero attached hydrogens (tertiary/aromatic N) is 1. The standard InChI is InChI=1S/C15H19N3O9/c1-5(19)9(22)10-14(24,6(2)20)15(25,7(3)21)13(26-10)27-12-8(11(16)23)17-4-18-12/h4,9-10,13,22,24-25H,1-3H3,(H2,16,23)(H,17,18)/t9?,10-,13+,14+,15+/m1/s1. The van der Waals surface area contributed by atoms with Gasteiger partial charge in [-0.2, -0.15) is 0 Å². The summed E-state index contributed by atoms with van der Waals surface area (Å²) in [4.78, 5) is 53.2. The van der Waals surface area contributed by atoms with Crippen LogP contribution in [-0.2, 0) is 19.1 Å². The summed E-state index contributed by atoms with van der Waals surface area (Å²) in [7, 11) is 0. The molecule has 27 heavy (non-hydrogen) atoms. The van der Waals surface area contributed by atoms with Gasteiger partial charge in [0, 0.05) is 0 Å². The lowest BCUT2D eigenvalue weighted by molar-refractivity contribution is -0.192. The number of H-pyrrole nitrogens is 1. The topological polar surface area (TPSA) is 202 Å². The largest absolute Gasteiger partial charge is 0.442 e. The molecule has 0 radical (unpaired) electrons. The quantitative estimate of drug-likeness (QED) is 0.326. The fourth-order valence-electron chi connectivity index (χ4n) is 2.91. The van der Waals surface area contributed by atoms with Gasteiger partial charge in [0.15, 0.2) is 28.6 Å². The van der Waals surface area contributed by atoms with E-state index in [0.29, 0.717) is 0 Å². The van der Waals surface area contributed by atoms with Crippen LogP contribution in [0.4, 0.5) is 0 Å². The van der Waals surface area contributed by atoms with Crippen molar-refractivity contribution in [1.29, 1.82) is 0 Å². The van der Waals surface area contributed by atoms with Crippen LogP contribution in [0, 0.1) is 0 Å². The van der Waals surface area contributed by atoms with E-state index in [1.54, 1.807) is 0 Å². The van der Waals surface area contributed by atoms with Gasteiger partial charge in [-0.25, -0.2) is 4.98 Å². The van der Waals surface area contributed by atoms with Gasteiger partial charge in [-0.05, 0) is 20.8 Å². The molecule has 6 N–H and O–H groups in total. The molecule has 1 aliphatic rings. The molecule has 2 heterocycles. The molecule has 12 heteroatoms. The fraction of sp³-hybridized carbons (Fsp3) is 0.533. The van der Waals surface area contributed by atoms with Crippen molar-refractivity contribution in [2.45, 2.75) is 50.5 Å². The minimum Gasteiger partial charge on any atom is -0.442 e. The first-order valence-electron chi connectivity index (χ1n) is 7.69. The van der Waals surface area contributed by atoms with Crippen LogP contribution in [-0.4, -0.2) is 78.2 Å². The van der Waals surface area contributed by atoms with Gasteiger partial charge in [0.05, 0.1) is 6.33 Å². The number of carbonyl (C=O) groups is 4. The van der Waals surface area contributed by atoms with E-state index in [4.69, 9.17) is 15.2 Å². The van der Waals surface area contributed by atoms with E-state index in [2.05, 4.69) is 9.97 Å². The highest BCUT2D eigenvalue weighted by molar-refractivity contribution is 6.00. The predicted molar refractivity (Wildman–Crippen MR) is 84.3 cm³/mol. The summed E-state index contributed by atoms with van der Waals surface area (Å²) in [6.45, 7) is 2.63. The van der Waals surface area contributed by atoms with Crippen molar-refractivity contribution >= 4 is 23.3 Å². The number of nitrogens with one attached hydrogen (secondary N) is 1. The van der Waals surface area contributed by atoms with Crippen LogP contribution in [0.2, 0.25) is 0 Å². The Bertz CT molecular complexity index is 806. The Morgan fingerprint density at radius 3 is 2.22 bits per heavy atom. The van der Waals surface area contributed by atoms with Gasteiger partial charge in [0.2, 0.25) is 17.8 Å². The molecule has 0 spiro atoms. The second-order valence-corrected chi connectivity index (χ2v) is 6.15. The summed E-state index contributed by atoms with van der Waals surface area (Å²) >= 11 is 0. The van der Waals surface area contributed by atoms with E-state index in [-0.39, 0.29) is 5.69 Å². The molecule has 0 aliphatic carbocycles. The molecule has 1 amide bonds. The molecule has 5 atom stereocenters. The molecule has 1 aliphatic heterocycles. The van der Waals surface area contributed by atoms with E-state index >= 15 is 0 Å². The zero-order valence-corrected chi connectivity index (χ0v) is 14.6. The summed E-state index contributed by atoms with van der Waals surface area (Å²) in [5.74, 6) is -4.69. The zero-order chi connectivity index (χ0) is 20.7. The Hall–Kier alpha value is -2.67. The lowest BCUT2D eigenvalue weighted by Crippen LogP contribution is -2.69. The molecule has 148 valence electrons. The van der Waals surface area contributed by atoms with E-state index in [0.717, 1.165) is 27.1 Å². The molecular weight excluding hydrogens is 366 g/mol. The summed E-state index contributed by atoms with van der Waals surface area (Å²) in [6, 6.07) is 0. The Morgan fingerprint density at radius 2 is 1.78 bits per heavy atom. The Labute approximate surface area is 152 Å². The number of aromatic nitrogens is 2. The van der Waals surface area contributed by atoms with Gasteiger partial charge in [0.1, 0.15) is 12.2 Å². The van der Waals surface area contributed by atoms with Crippen LogP contribution in [0.25, 0.3) is 0 Å². The number of amides is 1. The number of aromatic amines is 1. The Morgan fingerprint density at radius 1 is 1.22 bits per heavy atom. The number of Topliss-reactive ketones (excluding diaryl/α,β-unsaturated/α-hetero) is 3. The van der Waals surface area contributed by atoms with E-state index in [1.165, 1.54) is 0 Å². The third kappa shape index (κ3) is 2.92. The van der Waals surface area contributed by atoms with Crippen LogP contribution in [0.5, 0.6) is 5.88 Å². The minimum absolute atomic E-state index is 0.341. The van der Waals surface area contributed by atoms with Crippen molar-refractivity contribution < 1.29 is 44.0 Å². The number of nitrogens with two attached hydrogens (primary N) is 1. The maximum atomic E-state index is 12.2. The number of hydrogen-bond acceptors (Lipinski definition) is 10. The summed E-state index contributed by atoms with van der Waals surface area (Å²) in [5.41, 5.74) is -1.25. The van der Waals surface area contributed by atoms with Crippen LogP contribution >= 0.6 is 0 Å². The number of ether oxygens (including phenoxy) is 2. The second-order valence-electron chi connectivity index (χ2n) is 6.15. The van der Waals surface area contributed by atoms with E-state index in [9.17, 15) is 34.5 Å². The van der Waals surface area contributed by atoms with Crippen molar-refractivity contribution in [2.75, 3.05) is 0 Å². The van der Waals surface area contributed by atoms with Gasteiger partial charge in [-0.15, -0.1) is 0 Å². The third-order valence-electron chi connectivity index (χ3n) is 4.45. The van der Waals surface area contributed by atoms with Crippen LogP contribution in [0.3, 0.4) is 0 Å². The molecule has 0 aromatic carbocycles. The molecule has 12 nitrogen and oxygen atoms in total. The van der Waals surface area contributed by atoms with Crippen molar-refractivity contribution in [3.05, 3.63) is 12.0 Å². The fourth-order valence-corrected chi connectivity index (χ4v) is 2.91. The van der Waals surface area contributed by atoms with E-state index in [1.807, 2.05) is 0 Å². The molecule has 0 saturated carbocycles. The number of carbonyl (C=O) groups excluding carboxylic acids is 4. The summed E-state index contributed by atoms with van der Waals surface area (Å²) in [6.07, 6.45) is -5.16. The average Bonchev–Trinajstić information content (AvgIpc) is 3.12. The van der Waals surface area contributed by atoms with Crippen molar-refractivity contribution in [3.63, 3.8) is 0 Å². The summed E-state index contributed by atoms with van der Waals surface area (Å²) in [5, 5.41) is 31.8. The SMILES string of the molecule is CC(=O)C(O)[C@H]1O[C@@H](Oc2nc[nH]c2C(N)=O)[C@@](O)(C(C)=O)[C@]1(O)C(C)=O. The Balaban J connectivity index is 2.58. The molecule has 2 rings (SSSR count). The molecule has 1 aromatic heterocycles. The number of hydrogen-bond donors (Lipinski definition) is 5. The first-order chi connectivity index (χ1) is 12.4. The van der Waals surface area contributed by atoms with E-state index < -0.39 is 58.8 Å². The number of primary amides is 1. The molecular formula is C15H19N3O9. The lowest BCUT2D eigenvalue weighted by Gasteiger charge is -2.37. The van der Waals surface area contributed by atoms with Gasteiger partial charge in [-0.3, -0.25) is 19.2 Å². The monoisotopic (exact) mass is 385 g/mol. The second kappa shape index (κ2) is 6.81. The maximum Gasteiger partial charge on any atom is 0.270 e. The van der Waals surface area contributed by atoms with Gasteiger partial charge < -0.3 is 35.5 Å². The first kappa shape index (κ1) is 20.6. The normalized spacial score (nSPS) is 31.3. The predicted octanol–water partition coefficient (Wildman–Crippen LogP) is -2.80. The van der Waals surface area contributed by atoms with Crippen LogP contribution < -0.4 is 10.5 Å². The van der Waals surface area contributed by atoms with Gasteiger partial charge in [-0.1, -0.05) is 0 Å². The third-order valence-corrected chi connectivity index (χ3v) is 4.45. The molecule has 1 aromatic rings. The molecule has 0 bridgehead atoms. The number of ketones is 3. The van der Waals surface area contributed by atoms with Crippen LogP contribution in [0.1, 0.15) is 31.3 Å². The summed E-state index contributed by atoms with van der Waals surface area (Å²) < 4.78 is 10.4. The van der Waals surface area contributed by atoms with Crippen molar-refractivity contribution in [2.24, 2.45) is 5.73 Å². The molecule has 1 saturated heterocycles. The Kier molecular flexibility index (Phi) is 5.21. The lowest BCUT2D eigenvalue weighted by atomic mass is 9.73. The minimum atomic E-state index is -3.02. The number of aliphatic hydroxyl groups is 3. The number of imidazole rings is 1. The maximum absolute atomic E-state index is 12.2. The van der Waals surface area contributed by atoms with Crippen molar-refractivity contribution in [1.82, 2.24) is 9.97 Å². The molecule has 1 fully saturated rings. The highest BCUT2D eigenvalue weighted by atomic mass is 16.7. The zero-order valence-electron chi connectivity index (χ0n) is 14.6. The average molecular weight is 385 g/mol.